The lowest BCUT2D eigenvalue weighted by molar-refractivity contribution is -0.237. The average Bonchev–Trinajstić information content (AvgIpc) is 2.01. The second-order valence-electron chi connectivity index (χ2n) is 2.59. The highest BCUT2D eigenvalue weighted by Crippen LogP contribution is 2.29. The van der Waals surface area contributed by atoms with Gasteiger partial charge in [0.25, 0.3) is 0 Å². The first-order valence-electron chi connectivity index (χ1n) is 3.90. The Bertz CT molecular complexity index is 82.8. The summed E-state index contributed by atoms with van der Waals surface area (Å²) in [6.07, 6.45) is 3.50. The zero-order valence-corrected chi connectivity index (χ0v) is 8.23. The monoisotopic (exact) mass is 179 g/mol. The molecule has 0 aliphatic heterocycles. The molecule has 0 amide bonds. The SMILES string of the molecule is CNCCCP(C)CCOO. The van der Waals surface area contributed by atoms with E-state index in [9.17, 15) is 0 Å². The molecular formula is C7H18NO2P. The first-order valence-corrected chi connectivity index (χ1v) is 6.06. The zero-order valence-electron chi connectivity index (χ0n) is 7.34. The van der Waals surface area contributed by atoms with Gasteiger partial charge in [-0.1, -0.05) is 0 Å². The fourth-order valence-electron chi connectivity index (χ4n) is 0.834. The van der Waals surface area contributed by atoms with Crippen LogP contribution in [0.15, 0.2) is 0 Å². The van der Waals surface area contributed by atoms with Crippen LogP contribution in [0.25, 0.3) is 0 Å². The number of hydrogen-bond donors (Lipinski definition) is 2. The predicted octanol–water partition coefficient (Wildman–Crippen LogP) is 1.20. The maximum atomic E-state index is 8.08. The lowest BCUT2D eigenvalue weighted by Gasteiger charge is -2.09. The molecule has 0 spiro atoms. The van der Waals surface area contributed by atoms with Gasteiger partial charge >= 0.3 is 0 Å². The van der Waals surface area contributed by atoms with E-state index in [0.717, 1.165) is 12.7 Å². The maximum absolute atomic E-state index is 8.08. The van der Waals surface area contributed by atoms with Gasteiger partial charge in [0.2, 0.25) is 0 Å². The predicted molar refractivity (Wildman–Crippen MR) is 49.7 cm³/mol. The van der Waals surface area contributed by atoms with Crippen molar-refractivity contribution in [2.75, 3.05) is 39.2 Å². The van der Waals surface area contributed by atoms with Gasteiger partial charge in [-0.05, 0) is 39.0 Å². The Kier molecular flexibility index (Phi) is 8.64. The van der Waals surface area contributed by atoms with Crippen molar-refractivity contribution in [3.63, 3.8) is 0 Å². The summed E-state index contributed by atoms with van der Waals surface area (Å²) in [5.41, 5.74) is 0. The van der Waals surface area contributed by atoms with E-state index >= 15 is 0 Å². The highest BCUT2D eigenvalue weighted by atomic mass is 31.1. The second kappa shape index (κ2) is 8.41. The summed E-state index contributed by atoms with van der Waals surface area (Å²) in [5, 5.41) is 11.2. The summed E-state index contributed by atoms with van der Waals surface area (Å²) in [6, 6.07) is 0. The summed E-state index contributed by atoms with van der Waals surface area (Å²) in [6.45, 7) is 3.82. The summed E-state index contributed by atoms with van der Waals surface area (Å²) >= 11 is 0. The van der Waals surface area contributed by atoms with Gasteiger partial charge in [0.15, 0.2) is 0 Å². The summed E-state index contributed by atoms with van der Waals surface area (Å²) < 4.78 is 0. The highest BCUT2D eigenvalue weighted by Gasteiger charge is 1.99. The van der Waals surface area contributed by atoms with Gasteiger partial charge < -0.3 is 5.32 Å². The normalized spacial score (nSPS) is 13.4. The molecule has 0 saturated carbocycles. The van der Waals surface area contributed by atoms with E-state index in [0.29, 0.717) is 6.61 Å². The molecule has 0 aromatic carbocycles. The Morgan fingerprint density at radius 2 is 2.18 bits per heavy atom. The van der Waals surface area contributed by atoms with Crippen LogP contribution in [-0.2, 0) is 4.89 Å². The summed E-state index contributed by atoms with van der Waals surface area (Å²) in [7, 11) is 2.04. The van der Waals surface area contributed by atoms with Crippen LogP contribution >= 0.6 is 7.92 Å². The smallest absolute Gasteiger partial charge is 0.0858 e. The van der Waals surface area contributed by atoms with Crippen molar-refractivity contribution < 1.29 is 10.1 Å². The molecule has 0 aliphatic rings. The second-order valence-corrected chi connectivity index (χ2v) is 5.20. The van der Waals surface area contributed by atoms with Crippen molar-refractivity contribution in [3.05, 3.63) is 0 Å². The molecule has 0 heterocycles. The minimum absolute atomic E-state index is 0.0769. The van der Waals surface area contributed by atoms with Crippen molar-refractivity contribution in [2.45, 2.75) is 6.42 Å². The molecule has 0 aromatic rings. The lowest BCUT2D eigenvalue weighted by atomic mass is 10.5. The minimum atomic E-state index is 0.0769. The van der Waals surface area contributed by atoms with Gasteiger partial charge in [0, 0.05) is 0 Å². The fraction of sp³-hybridized carbons (Fsp3) is 1.00. The van der Waals surface area contributed by atoms with Crippen LogP contribution in [0.5, 0.6) is 0 Å². The molecule has 0 fully saturated rings. The molecule has 2 N–H and O–H groups in total. The highest BCUT2D eigenvalue weighted by molar-refractivity contribution is 7.56. The lowest BCUT2D eigenvalue weighted by Crippen LogP contribution is -2.09. The fourth-order valence-corrected chi connectivity index (χ4v) is 2.15. The molecular weight excluding hydrogens is 161 g/mol. The third-order valence-electron chi connectivity index (χ3n) is 1.53. The third-order valence-corrected chi connectivity index (χ3v) is 3.56. The number of hydrogen-bond acceptors (Lipinski definition) is 3. The molecule has 68 valence electrons. The minimum Gasteiger partial charge on any atom is -0.320 e. The van der Waals surface area contributed by atoms with Gasteiger partial charge in [0.1, 0.15) is 0 Å². The van der Waals surface area contributed by atoms with Crippen LogP contribution in [-0.4, -0.2) is 44.4 Å². The largest absolute Gasteiger partial charge is 0.320 e. The van der Waals surface area contributed by atoms with Crippen LogP contribution in [0.2, 0.25) is 0 Å². The zero-order chi connectivity index (χ0) is 8.53. The van der Waals surface area contributed by atoms with E-state index < -0.39 is 0 Å². The molecule has 1 atom stereocenters. The van der Waals surface area contributed by atoms with Crippen molar-refractivity contribution >= 4 is 7.92 Å². The van der Waals surface area contributed by atoms with Crippen LogP contribution in [0.1, 0.15) is 6.42 Å². The molecule has 3 nitrogen and oxygen atoms in total. The first kappa shape index (κ1) is 11.3. The number of nitrogens with one attached hydrogen (secondary N) is 1. The molecule has 0 rings (SSSR count). The van der Waals surface area contributed by atoms with Crippen molar-refractivity contribution in [2.24, 2.45) is 0 Å². The number of rotatable bonds is 7. The topological polar surface area (TPSA) is 41.5 Å². The Balaban J connectivity index is 3.02. The molecule has 0 saturated heterocycles. The van der Waals surface area contributed by atoms with E-state index in [1.807, 2.05) is 7.05 Å². The molecule has 1 unspecified atom stereocenters. The molecule has 0 aliphatic carbocycles. The molecule has 0 radical (unpaired) electrons. The third kappa shape index (κ3) is 8.21. The van der Waals surface area contributed by atoms with Gasteiger partial charge in [-0.15, -0.1) is 7.92 Å². The van der Waals surface area contributed by atoms with Crippen LogP contribution < -0.4 is 5.32 Å². The van der Waals surface area contributed by atoms with Crippen LogP contribution in [0.3, 0.4) is 0 Å². The van der Waals surface area contributed by atoms with E-state index in [1.54, 1.807) is 0 Å². The van der Waals surface area contributed by atoms with E-state index in [1.165, 1.54) is 12.6 Å². The standard InChI is InChI=1S/C7H18NO2P/c1-8-4-3-6-11(2)7-5-10-9/h8-9H,3-7H2,1-2H3. The van der Waals surface area contributed by atoms with Crippen LogP contribution in [0, 0.1) is 0 Å². The van der Waals surface area contributed by atoms with Crippen molar-refractivity contribution in [1.82, 2.24) is 5.32 Å². The average molecular weight is 179 g/mol. The molecule has 11 heavy (non-hydrogen) atoms. The summed E-state index contributed by atoms with van der Waals surface area (Å²) in [4.78, 5) is 4.02. The van der Waals surface area contributed by atoms with Crippen LogP contribution in [0.4, 0.5) is 0 Å². The first-order chi connectivity index (χ1) is 5.31. The molecule has 4 heteroatoms. The maximum Gasteiger partial charge on any atom is 0.0858 e. The van der Waals surface area contributed by atoms with Gasteiger partial charge in [-0.25, -0.2) is 4.89 Å². The summed E-state index contributed by atoms with van der Waals surface area (Å²) in [5.74, 6) is 0. The van der Waals surface area contributed by atoms with Gasteiger partial charge in [-0.3, -0.25) is 5.26 Å². The Morgan fingerprint density at radius 1 is 1.45 bits per heavy atom. The Labute approximate surface area is 69.8 Å². The van der Waals surface area contributed by atoms with Crippen molar-refractivity contribution in [1.29, 1.82) is 0 Å². The van der Waals surface area contributed by atoms with E-state index in [2.05, 4.69) is 16.9 Å². The quantitative estimate of drug-likeness (QED) is 0.267. The Morgan fingerprint density at radius 3 is 2.73 bits per heavy atom. The van der Waals surface area contributed by atoms with E-state index in [4.69, 9.17) is 5.26 Å². The van der Waals surface area contributed by atoms with E-state index in [-0.39, 0.29) is 7.92 Å². The van der Waals surface area contributed by atoms with Crippen molar-refractivity contribution in [3.8, 4) is 0 Å². The van der Waals surface area contributed by atoms with Gasteiger partial charge in [-0.2, -0.15) is 0 Å². The molecule has 0 bridgehead atoms. The molecule has 0 aromatic heterocycles. The Hall–Kier alpha value is 0.310. The van der Waals surface area contributed by atoms with Gasteiger partial charge in [0.05, 0.1) is 6.61 Å².